The Balaban J connectivity index is 1.34. The first kappa shape index (κ1) is 18.1. The van der Waals surface area contributed by atoms with Crippen LogP contribution in [-0.4, -0.2) is 34.0 Å². The van der Waals surface area contributed by atoms with Gasteiger partial charge in [-0.3, -0.25) is 4.90 Å². The van der Waals surface area contributed by atoms with Gasteiger partial charge in [-0.2, -0.15) is 0 Å². The second-order valence-electron chi connectivity index (χ2n) is 7.37. The van der Waals surface area contributed by atoms with E-state index < -0.39 is 0 Å². The average molecular weight is 361 g/mol. The number of piperidine rings is 1. The normalized spacial score (nSPS) is 16.0. The third-order valence-electron chi connectivity index (χ3n) is 5.44. The van der Waals surface area contributed by atoms with Gasteiger partial charge in [0.25, 0.3) is 0 Å². The van der Waals surface area contributed by atoms with E-state index in [2.05, 4.69) is 76.7 Å². The summed E-state index contributed by atoms with van der Waals surface area (Å²) in [6.45, 7) is 6.29. The number of benzene rings is 2. The maximum Gasteiger partial charge on any atom is 0.129 e. The Morgan fingerprint density at radius 3 is 2.48 bits per heavy atom. The summed E-state index contributed by atoms with van der Waals surface area (Å²) in [7, 11) is 0. The molecule has 0 aliphatic carbocycles. The highest BCUT2D eigenvalue weighted by atomic mass is 15.1. The van der Waals surface area contributed by atoms with E-state index in [1.54, 1.807) is 0 Å². The first-order valence-electron chi connectivity index (χ1n) is 10.1. The van der Waals surface area contributed by atoms with Crippen LogP contribution in [0.4, 0.5) is 0 Å². The zero-order valence-electron chi connectivity index (χ0n) is 16.1. The molecule has 3 aromatic rings. The van der Waals surface area contributed by atoms with Crippen molar-refractivity contribution in [3.8, 4) is 0 Å². The topological polar surface area (TPSA) is 41.1 Å². The van der Waals surface area contributed by atoms with Crippen LogP contribution in [0.5, 0.6) is 0 Å². The van der Waals surface area contributed by atoms with Gasteiger partial charge in [-0.15, -0.1) is 0 Å². The maximum absolute atomic E-state index is 4.79. The van der Waals surface area contributed by atoms with Crippen molar-refractivity contribution in [1.29, 1.82) is 0 Å². The van der Waals surface area contributed by atoms with Crippen LogP contribution in [0.25, 0.3) is 10.9 Å². The molecule has 140 valence electrons. The van der Waals surface area contributed by atoms with E-state index >= 15 is 0 Å². The molecule has 4 rings (SSSR count). The number of nitrogens with one attached hydrogen (secondary N) is 1. The van der Waals surface area contributed by atoms with Gasteiger partial charge >= 0.3 is 0 Å². The predicted octanol–water partition coefficient (Wildman–Crippen LogP) is 3.95. The van der Waals surface area contributed by atoms with Gasteiger partial charge in [-0.1, -0.05) is 55.5 Å². The summed E-state index contributed by atoms with van der Waals surface area (Å²) in [5, 5.41) is 4.92. The van der Waals surface area contributed by atoms with Crippen LogP contribution in [0.2, 0.25) is 0 Å². The van der Waals surface area contributed by atoms with Crippen LogP contribution in [0, 0.1) is 0 Å². The molecule has 27 heavy (non-hydrogen) atoms. The van der Waals surface area contributed by atoms with Gasteiger partial charge in [0, 0.05) is 30.9 Å². The molecule has 1 N–H and O–H groups in total. The second-order valence-corrected chi connectivity index (χ2v) is 7.37. The summed E-state index contributed by atoms with van der Waals surface area (Å²) < 4.78 is 0. The molecule has 1 aliphatic heterocycles. The average Bonchev–Trinajstić information content (AvgIpc) is 2.73. The van der Waals surface area contributed by atoms with Crippen LogP contribution in [0.1, 0.15) is 36.8 Å². The minimum absolute atomic E-state index is 0.566. The largest absolute Gasteiger partial charge is 0.308 e. The fourth-order valence-corrected chi connectivity index (χ4v) is 3.87. The van der Waals surface area contributed by atoms with Crippen molar-refractivity contribution in [2.24, 2.45) is 0 Å². The fourth-order valence-electron chi connectivity index (χ4n) is 3.87. The Labute approximate surface area is 161 Å². The van der Waals surface area contributed by atoms with Gasteiger partial charge in [0.2, 0.25) is 0 Å². The molecule has 0 atom stereocenters. The minimum Gasteiger partial charge on any atom is -0.308 e. The van der Waals surface area contributed by atoms with E-state index in [9.17, 15) is 0 Å². The molecule has 4 nitrogen and oxygen atoms in total. The van der Waals surface area contributed by atoms with Crippen LogP contribution in [0.15, 0.2) is 54.6 Å². The van der Waals surface area contributed by atoms with Crippen molar-refractivity contribution in [3.63, 3.8) is 0 Å². The molecule has 0 bridgehead atoms. The Hall–Kier alpha value is -2.30. The van der Waals surface area contributed by atoms with Crippen LogP contribution >= 0.6 is 0 Å². The maximum atomic E-state index is 4.79. The monoisotopic (exact) mass is 360 g/mol. The standard InChI is InChI=1S/C23H28N4/c1-2-23-25-21-11-7-6-10-20(21)22(26-23)16-24-19-12-14-27(15-13-19)17-18-8-4-3-5-9-18/h3-11,19,24H,2,12-17H2,1H3. The molecule has 0 spiro atoms. The molecular formula is C23H28N4. The summed E-state index contributed by atoms with van der Waals surface area (Å²) in [5.41, 5.74) is 3.59. The highest BCUT2D eigenvalue weighted by Crippen LogP contribution is 2.18. The highest BCUT2D eigenvalue weighted by molar-refractivity contribution is 5.80. The third-order valence-corrected chi connectivity index (χ3v) is 5.44. The molecule has 1 aromatic heterocycles. The molecule has 0 radical (unpaired) electrons. The van der Waals surface area contributed by atoms with E-state index in [4.69, 9.17) is 4.98 Å². The van der Waals surface area contributed by atoms with Gasteiger partial charge in [0.05, 0.1) is 11.2 Å². The van der Waals surface area contributed by atoms with E-state index in [0.29, 0.717) is 6.04 Å². The molecule has 1 fully saturated rings. The molecule has 1 aliphatic rings. The minimum atomic E-state index is 0.566. The third kappa shape index (κ3) is 4.52. The van der Waals surface area contributed by atoms with Crippen molar-refractivity contribution >= 4 is 10.9 Å². The lowest BCUT2D eigenvalue weighted by Crippen LogP contribution is -2.42. The summed E-state index contributed by atoms with van der Waals surface area (Å²) in [5.74, 6) is 0.934. The number of nitrogens with zero attached hydrogens (tertiary/aromatic N) is 3. The number of hydrogen-bond donors (Lipinski definition) is 1. The smallest absolute Gasteiger partial charge is 0.129 e. The molecule has 2 heterocycles. The van der Waals surface area contributed by atoms with Crippen molar-refractivity contribution in [2.45, 2.75) is 45.3 Å². The lowest BCUT2D eigenvalue weighted by molar-refractivity contribution is 0.190. The van der Waals surface area contributed by atoms with Crippen molar-refractivity contribution in [3.05, 3.63) is 71.7 Å². The van der Waals surface area contributed by atoms with Gasteiger partial charge in [-0.05, 0) is 37.6 Å². The number of aryl methyl sites for hydroxylation is 1. The first-order valence-corrected chi connectivity index (χ1v) is 10.1. The molecule has 0 unspecified atom stereocenters. The number of hydrogen-bond acceptors (Lipinski definition) is 4. The quantitative estimate of drug-likeness (QED) is 0.723. The second kappa shape index (κ2) is 8.59. The van der Waals surface area contributed by atoms with Gasteiger partial charge in [0.1, 0.15) is 5.82 Å². The zero-order valence-corrected chi connectivity index (χ0v) is 16.1. The predicted molar refractivity (Wildman–Crippen MR) is 110 cm³/mol. The molecular weight excluding hydrogens is 332 g/mol. The lowest BCUT2D eigenvalue weighted by Gasteiger charge is -2.32. The van der Waals surface area contributed by atoms with Crippen molar-refractivity contribution in [1.82, 2.24) is 20.2 Å². The van der Waals surface area contributed by atoms with Crippen molar-refractivity contribution in [2.75, 3.05) is 13.1 Å². The van der Waals surface area contributed by atoms with E-state index in [1.165, 1.54) is 23.8 Å². The fraction of sp³-hybridized carbons (Fsp3) is 0.391. The SMILES string of the molecule is CCc1nc(CNC2CCN(Cc3ccccc3)CC2)c2ccccc2n1. The number of para-hydroxylation sites is 1. The van der Waals surface area contributed by atoms with Crippen molar-refractivity contribution < 1.29 is 0 Å². The van der Waals surface area contributed by atoms with Crippen LogP contribution in [-0.2, 0) is 19.5 Å². The Kier molecular flexibility index (Phi) is 5.75. The molecule has 0 amide bonds. The van der Waals surface area contributed by atoms with Gasteiger partial charge in [0.15, 0.2) is 0 Å². The summed E-state index contributed by atoms with van der Waals surface area (Å²) in [6, 6.07) is 19.7. The Bertz CT molecular complexity index is 870. The highest BCUT2D eigenvalue weighted by Gasteiger charge is 2.19. The number of aromatic nitrogens is 2. The van der Waals surface area contributed by atoms with E-state index in [-0.39, 0.29) is 0 Å². The molecule has 0 saturated carbocycles. The Morgan fingerprint density at radius 2 is 1.70 bits per heavy atom. The number of likely N-dealkylation sites (tertiary alicyclic amines) is 1. The van der Waals surface area contributed by atoms with Gasteiger partial charge < -0.3 is 5.32 Å². The lowest BCUT2D eigenvalue weighted by atomic mass is 10.0. The number of fused-ring (bicyclic) bond motifs is 1. The summed E-state index contributed by atoms with van der Waals surface area (Å²) in [4.78, 5) is 12.0. The van der Waals surface area contributed by atoms with E-state index in [0.717, 1.165) is 49.6 Å². The zero-order chi connectivity index (χ0) is 18.5. The van der Waals surface area contributed by atoms with Crippen LogP contribution < -0.4 is 5.32 Å². The first-order chi connectivity index (χ1) is 13.3. The van der Waals surface area contributed by atoms with Gasteiger partial charge in [-0.25, -0.2) is 9.97 Å². The molecule has 4 heteroatoms. The Morgan fingerprint density at radius 1 is 0.963 bits per heavy atom. The molecule has 1 saturated heterocycles. The number of rotatable bonds is 6. The van der Waals surface area contributed by atoms with Crippen LogP contribution in [0.3, 0.4) is 0 Å². The summed E-state index contributed by atoms with van der Waals surface area (Å²) in [6.07, 6.45) is 3.25. The van der Waals surface area contributed by atoms with E-state index in [1.807, 2.05) is 0 Å². The summed E-state index contributed by atoms with van der Waals surface area (Å²) >= 11 is 0. The molecule has 2 aromatic carbocycles.